The predicted molar refractivity (Wildman–Crippen MR) is 51.5 cm³/mol. The highest BCUT2D eigenvalue weighted by Gasteiger charge is 2.21. The van der Waals surface area contributed by atoms with Crippen molar-refractivity contribution in [1.29, 1.82) is 0 Å². The van der Waals surface area contributed by atoms with Gasteiger partial charge in [0.2, 0.25) is 0 Å². The zero-order valence-electron chi connectivity index (χ0n) is 7.37. The Hall–Kier alpha value is -1.71. The quantitative estimate of drug-likeness (QED) is 0.579. The van der Waals surface area contributed by atoms with E-state index in [9.17, 15) is 4.79 Å². The molecule has 0 saturated heterocycles. The first-order chi connectivity index (χ1) is 6.20. The second kappa shape index (κ2) is 2.65. The van der Waals surface area contributed by atoms with Crippen LogP contribution in [0, 0.1) is 0 Å². The summed E-state index contributed by atoms with van der Waals surface area (Å²) in [5.41, 5.74) is 8.30. The van der Waals surface area contributed by atoms with Crippen molar-refractivity contribution in [3.05, 3.63) is 23.8 Å². The van der Waals surface area contributed by atoms with Crippen LogP contribution in [0.4, 0.5) is 16.2 Å². The van der Waals surface area contributed by atoms with E-state index >= 15 is 0 Å². The molecule has 1 aliphatic heterocycles. The minimum absolute atomic E-state index is 0.106. The fourth-order valence-electron chi connectivity index (χ4n) is 1.55. The average Bonchev–Trinajstić information content (AvgIpc) is 2.12. The predicted octanol–water partition coefficient (Wildman–Crippen LogP) is 0.928. The van der Waals surface area contributed by atoms with Gasteiger partial charge in [-0.1, -0.05) is 12.1 Å². The molecule has 1 aromatic carbocycles. The van der Waals surface area contributed by atoms with Gasteiger partial charge < -0.3 is 11.1 Å². The largest absolute Gasteiger partial charge is 0.397 e. The number of nitrogen functional groups attached to an aromatic ring is 1. The van der Waals surface area contributed by atoms with E-state index in [2.05, 4.69) is 5.32 Å². The molecule has 0 aliphatic carbocycles. The van der Waals surface area contributed by atoms with E-state index in [4.69, 9.17) is 5.73 Å². The Morgan fingerprint density at radius 3 is 3.08 bits per heavy atom. The fourth-order valence-corrected chi connectivity index (χ4v) is 1.55. The standard InChI is InChI=1S/C9H11N3O/c1-12-8-6(5-11-9(12)13)3-2-4-7(8)10/h2-4H,5,10H2,1H3,(H,11,13). The lowest BCUT2D eigenvalue weighted by Gasteiger charge is -2.27. The van der Waals surface area contributed by atoms with Crippen molar-refractivity contribution in [2.24, 2.45) is 0 Å². The topological polar surface area (TPSA) is 58.4 Å². The van der Waals surface area contributed by atoms with E-state index in [1.807, 2.05) is 12.1 Å². The van der Waals surface area contributed by atoms with Gasteiger partial charge in [-0.2, -0.15) is 0 Å². The summed E-state index contributed by atoms with van der Waals surface area (Å²) in [6, 6.07) is 5.54. The minimum Gasteiger partial charge on any atom is -0.397 e. The van der Waals surface area contributed by atoms with E-state index in [1.54, 1.807) is 13.1 Å². The Morgan fingerprint density at radius 2 is 2.31 bits per heavy atom. The first-order valence-electron chi connectivity index (χ1n) is 4.09. The molecule has 0 bridgehead atoms. The van der Waals surface area contributed by atoms with Gasteiger partial charge in [0.1, 0.15) is 0 Å². The van der Waals surface area contributed by atoms with Crippen LogP contribution in [0.3, 0.4) is 0 Å². The zero-order chi connectivity index (χ0) is 9.42. The zero-order valence-corrected chi connectivity index (χ0v) is 7.37. The summed E-state index contributed by atoms with van der Waals surface area (Å²) < 4.78 is 0. The highest BCUT2D eigenvalue weighted by atomic mass is 16.2. The molecule has 0 saturated carbocycles. The van der Waals surface area contributed by atoms with Crippen molar-refractivity contribution in [2.75, 3.05) is 17.7 Å². The van der Waals surface area contributed by atoms with Gasteiger partial charge in [-0.15, -0.1) is 0 Å². The number of amides is 2. The number of hydrogen-bond donors (Lipinski definition) is 2. The molecule has 2 amide bonds. The first kappa shape index (κ1) is 7.91. The number of carbonyl (C=O) groups is 1. The van der Waals surface area contributed by atoms with Gasteiger partial charge in [0.25, 0.3) is 0 Å². The number of nitrogens with zero attached hydrogens (tertiary/aromatic N) is 1. The van der Waals surface area contributed by atoms with Crippen LogP contribution in [0.25, 0.3) is 0 Å². The maximum atomic E-state index is 11.3. The fraction of sp³-hybridized carbons (Fsp3) is 0.222. The smallest absolute Gasteiger partial charge is 0.321 e. The summed E-state index contributed by atoms with van der Waals surface area (Å²) in [7, 11) is 1.71. The molecule has 0 fully saturated rings. The van der Waals surface area contributed by atoms with Gasteiger partial charge in [-0.25, -0.2) is 4.79 Å². The second-order valence-corrected chi connectivity index (χ2v) is 3.07. The SMILES string of the molecule is CN1C(=O)NCc2cccc(N)c21. The Bertz CT molecular complexity index is 362. The van der Waals surface area contributed by atoms with Crippen LogP contribution in [0.15, 0.2) is 18.2 Å². The summed E-state index contributed by atoms with van der Waals surface area (Å²) in [4.78, 5) is 12.8. The summed E-state index contributed by atoms with van der Waals surface area (Å²) in [6.45, 7) is 0.559. The number of anilines is 2. The van der Waals surface area contributed by atoms with Gasteiger partial charge >= 0.3 is 6.03 Å². The number of hydrogen-bond acceptors (Lipinski definition) is 2. The van der Waals surface area contributed by atoms with Crippen LogP contribution < -0.4 is 16.0 Å². The number of urea groups is 1. The number of fused-ring (bicyclic) bond motifs is 1. The Kier molecular flexibility index (Phi) is 1.62. The first-order valence-corrected chi connectivity index (χ1v) is 4.09. The molecule has 4 heteroatoms. The number of para-hydroxylation sites is 1. The highest BCUT2D eigenvalue weighted by Crippen LogP contribution is 2.29. The summed E-state index contributed by atoms with van der Waals surface area (Å²) in [6.07, 6.45) is 0. The molecule has 0 radical (unpaired) electrons. The Morgan fingerprint density at radius 1 is 1.54 bits per heavy atom. The molecule has 3 N–H and O–H groups in total. The van der Waals surface area contributed by atoms with E-state index in [0.717, 1.165) is 11.3 Å². The molecule has 1 heterocycles. The molecule has 1 aromatic rings. The molecular weight excluding hydrogens is 166 g/mol. The third kappa shape index (κ3) is 1.11. The van der Waals surface area contributed by atoms with Crippen molar-refractivity contribution in [3.63, 3.8) is 0 Å². The molecular formula is C9H11N3O. The van der Waals surface area contributed by atoms with Crippen molar-refractivity contribution >= 4 is 17.4 Å². The van der Waals surface area contributed by atoms with E-state index < -0.39 is 0 Å². The third-order valence-electron chi connectivity index (χ3n) is 2.22. The van der Waals surface area contributed by atoms with Gasteiger partial charge in [0.15, 0.2) is 0 Å². The van der Waals surface area contributed by atoms with Gasteiger partial charge in [-0.3, -0.25) is 4.90 Å². The summed E-state index contributed by atoms with van der Waals surface area (Å²) in [5, 5.41) is 2.75. The van der Waals surface area contributed by atoms with Crippen LogP contribution >= 0.6 is 0 Å². The lowest BCUT2D eigenvalue weighted by Crippen LogP contribution is -2.41. The molecule has 68 valence electrons. The lowest BCUT2D eigenvalue weighted by atomic mass is 10.1. The maximum Gasteiger partial charge on any atom is 0.321 e. The van der Waals surface area contributed by atoms with Crippen LogP contribution in [0.5, 0.6) is 0 Å². The molecule has 0 unspecified atom stereocenters. The van der Waals surface area contributed by atoms with Gasteiger partial charge in [0, 0.05) is 13.6 Å². The van der Waals surface area contributed by atoms with E-state index in [-0.39, 0.29) is 6.03 Å². The third-order valence-corrected chi connectivity index (χ3v) is 2.22. The van der Waals surface area contributed by atoms with Crippen molar-refractivity contribution < 1.29 is 4.79 Å². The average molecular weight is 177 g/mol. The van der Waals surface area contributed by atoms with Gasteiger partial charge in [-0.05, 0) is 11.6 Å². The number of rotatable bonds is 0. The molecule has 0 atom stereocenters. The van der Waals surface area contributed by atoms with Crippen LogP contribution in [-0.2, 0) is 6.54 Å². The molecule has 13 heavy (non-hydrogen) atoms. The summed E-state index contributed by atoms with van der Waals surface area (Å²) in [5.74, 6) is 0. The van der Waals surface area contributed by atoms with Crippen LogP contribution in [0.2, 0.25) is 0 Å². The number of nitrogens with one attached hydrogen (secondary N) is 1. The Labute approximate surface area is 76.3 Å². The lowest BCUT2D eigenvalue weighted by molar-refractivity contribution is 0.246. The van der Waals surface area contributed by atoms with Gasteiger partial charge in [0.05, 0.1) is 11.4 Å². The minimum atomic E-state index is -0.106. The molecule has 4 nitrogen and oxygen atoms in total. The molecule has 2 rings (SSSR count). The number of carbonyl (C=O) groups excluding carboxylic acids is 1. The number of benzene rings is 1. The van der Waals surface area contributed by atoms with E-state index in [1.165, 1.54) is 4.90 Å². The Balaban J connectivity index is 2.57. The van der Waals surface area contributed by atoms with Crippen molar-refractivity contribution in [1.82, 2.24) is 5.32 Å². The van der Waals surface area contributed by atoms with Crippen molar-refractivity contribution in [2.45, 2.75) is 6.54 Å². The van der Waals surface area contributed by atoms with Crippen LogP contribution in [0.1, 0.15) is 5.56 Å². The van der Waals surface area contributed by atoms with Crippen molar-refractivity contribution in [3.8, 4) is 0 Å². The molecule has 0 spiro atoms. The second-order valence-electron chi connectivity index (χ2n) is 3.07. The highest BCUT2D eigenvalue weighted by molar-refractivity contribution is 5.97. The number of nitrogens with two attached hydrogens (primary N) is 1. The molecule has 0 aromatic heterocycles. The summed E-state index contributed by atoms with van der Waals surface area (Å²) >= 11 is 0. The van der Waals surface area contributed by atoms with E-state index in [0.29, 0.717) is 12.2 Å². The van der Waals surface area contributed by atoms with Crippen LogP contribution in [-0.4, -0.2) is 13.1 Å². The maximum absolute atomic E-state index is 11.3. The monoisotopic (exact) mass is 177 g/mol. The molecule has 1 aliphatic rings. The normalized spacial score (nSPS) is 15.2.